The third-order valence-electron chi connectivity index (χ3n) is 4.93. The Labute approximate surface area is 173 Å². The molecule has 6 nitrogen and oxygen atoms in total. The first kappa shape index (κ1) is 24.5. The second kappa shape index (κ2) is 16.5. The molecule has 1 rings (SSSR count). The van der Waals surface area contributed by atoms with E-state index in [0.29, 0.717) is 11.6 Å². The van der Waals surface area contributed by atoms with Crippen LogP contribution >= 0.6 is 11.3 Å². The first-order chi connectivity index (χ1) is 13.6. The molecule has 1 aromatic heterocycles. The third kappa shape index (κ3) is 12.8. The zero-order valence-electron chi connectivity index (χ0n) is 17.4. The van der Waals surface area contributed by atoms with Crippen molar-refractivity contribution < 1.29 is 9.72 Å². The topological polar surface area (TPSA) is 85.1 Å². The van der Waals surface area contributed by atoms with E-state index >= 15 is 0 Å². The van der Waals surface area contributed by atoms with E-state index in [4.69, 9.17) is 0 Å². The van der Waals surface area contributed by atoms with Gasteiger partial charge in [-0.05, 0) is 17.8 Å². The summed E-state index contributed by atoms with van der Waals surface area (Å²) in [6, 6.07) is 0. The van der Waals surface area contributed by atoms with Gasteiger partial charge in [0.25, 0.3) is 0 Å². The Morgan fingerprint density at radius 2 is 1.39 bits per heavy atom. The number of amides is 1. The number of nitrogens with zero attached hydrogens (tertiary/aromatic N) is 2. The quantitative estimate of drug-likeness (QED) is 0.156. The van der Waals surface area contributed by atoms with E-state index in [0.717, 1.165) is 24.2 Å². The molecule has 0 aliphatic carbocycles. The number of unbranched alkanes of at least 4 members (excludes halogenated alkanes) is 14. The highest BCUT2D eigenvalue weighted by molar-refractivity contribution is 7.18. The predicted molar refractivity (Wildman–Crippen MR) is 117 cm³/mol. The van der Waals surface area contributed by atoms with Gasteiger partial charge in [-0.2, -0.15) is 0 Å². The molecule has 0 unspecified atom stereocenters. The van der Waals surface area contributed by atoms with Crippen molar-refractivity contribution in [1.29, 1.82) is 0 Å². The van der Waals surface area contributed by atoms with E-state index in [1.807, 2.05) is 0 Å². The van der Waals surface area contributed by atoms with E-state index < -0.39 is 4.92 Å². The molecule has 0 atom stereocenters. The first-order valence-electron chi connectivity index (χ1n) is 11.0. The van der Waals surface area contributed by atoms with Crippen molar-refractivity contribution in [2.75, 3.05) is 5.32 Å². The van der Waals surface area contributed by atoms with E-state index in [1.54, 1.807) is 0 Å². The number of rotatable bonds is 18. The number of anilines is 1. The molecule has 7 heteroatoms. The highest BCUT2D eigenvalue weighted by Crippen LogP contribution is 2.25. The van der Waals surface area contributed by atoms with Crippen molar-refractivity contribution >= 4 is 27.4 Å². The second-order valence-corrected chi connectivity index (χ2v) is 8.52. The SMILES string of the molecule is CCCCCCCCCCCCCCCCCC(=O)Nc1ncc([N+](=O)[O-])s1. The van der Waals surface area contributed by atoms with Gasteiger partial charge in [-0.3, -0.25) is 14.9 Å². The van der Waals surface area contributed by atoms with Crippen LogP contribution in [-0.2, 0) is 4.79 Å². The third-order valence-corrected chi connectivity index (χ3v) is 5.79. The van der Waals surface area contributed by atoms with Crippen LogP contribution < -0.4 is 5.32 Å². The fraction of sp³-hybridized carbons (Fsp3) is 0.810. The van der Waals surface area contributed by atoms with Crippen LogP contribution in [0.1, 0.15) is 110 Å². The standard InChI is InChI=1S/C21H37N3O3S/c1-2-3-4-5-6-7-8-9-10-11-12-13-14-15-16-17-19(25)23-21-22-18-20(28-21)24(26)27/h18H,2-17H2,1H3,(H,22,23,25). The van der Waals surface area contributed by atoms with Crippen molar-refractivity contribution in [2.24, 2.45) is 0 Å². The minimum atomic E-state index is -0.498. The number of nitrogens with one attached hydrogen (secondary N) is 1. The normalized spacial score (nSPS) is 10.9. The van der Waals surface area contributed by atoms with Gasteiger partial charge in [0.2, 0.25) is 5.91 Å². The van der Waals surface area contributed by atoms with Gasteiger partial charge < -0.3 is 5.32 Å². The van der Waals surface area contributed by atoms with Crippen LogP contribution in [0.5, 0.6) is 0 Å². The molecule has 0 aromatic carbocycles. The molecule has 0 aliphatic rings. The molecular formula is C21H37N3O3S. The maximum Gasteiger partial charge on any atom is 0.345 e. The number of aromatic nitrogens is 1. The lowest BCUT2D eigenvalue weighted by Gasteiger charge is -2.04. The van der Waals surface area contributed by atoms with E-state index in [9.17, 15) is 14.9 Å². The second-order valence-electron chi connectivity index (χ2n) is 7.51. The number of hydrogen-bond donors (Lipinski definition) is 1. The van der Waals surface area contributed by atoms with Gasteiger partial charge in [0.05, 0.1) is 4.92 Å². The molecule has 28 heavy (non-hydrogen) atoms. The Hall–Kier alpha value is -1.50. The Morgan fingerprint density at radius 3 is 1.82 bits per heavy atom. The molecule has 0 aliphatic heterocycles. The molecule has 160 valence electrons. The zero-order chi connectivity index (χ0) is 20.5. The van der Waals surface area contributed by atoms with Gasteiger partial charge in [0.15, 0.2) is 5.13 Å². The highest BCUT2D eigenvalue weighted by atomic mass is 32.1. The van der Waals surface area contributed by atoms with Crippen LogP contribution in [0.2, 0.25) is 0 Å². The summed E-state index contributed by atoms with van der Waals surface area (Å²) in [6.45, 7) is 2.26. The molecular weight excluding hydrogens is 374 g/mol. The largest absolute Gasteiger partial charge is 0.345 e. The lowest BCUT2D eigenvalue weighted by Crippen LogP contribution is -2.10. The summed E-state index contributed by atoms with van der Waals surface area (Å²) < 4.78 is 0. The molecule has 1 heterocycles. The maximum atomic E-state index is 11.8. The van der Waals surface area contributed by atoms with E-state index in [-0.39, 0.29) is 10.9 Å². The molecule has 0 spiro atoms. The zero-order valence-corrected chi connectivity index (χ0v) is 18.2. The first-order valence-corrected chi connectivity index (χ1v) is 11.8. The van der Waals surface area contributed by atoms with E-state index in [1.165, 1.54) is 89.7 Å². The predicted octanol–water partition coefficient (Wildman–Crippen LogP) is 7.25. The highest BCUT2D eigenvalue weighted by Gasteiger charge is 2.13. The summed E-state index contributed by atoms with van der Waals surface area (Å²) in [7, 11) is 0. The summed E-state index contributed by atoms with van der Waals surface area (Å²) in [6.07, 6.45) is 21.1. The summed E-state index contributed by atoms with van der Waals surface area (Å²) >= 11 is 0.891. The molecule has 0 radical (unpaired) electrons. The van der Waals surface area contributed by atoms with Gasteiger partial charge in [0, 0.05) is 6.42 Å². The average molecular weight is 412 g/mol. The number of carbonyl (C=O) groups is 1. The Balaban J connectivity index is 1.84. The monoisotopic (exact) mass is 411 g/mol. The molecule has 1 N–H and O–H groups in total. The van der Waals surface area contributed by atoms with Crippen molar-refractivity contribution in [3.8, 4) is 0 Å². The Morgan fingerprint density at radius 1 is 0.929 bits per heavy atom. The van der Waals surface area contributed by atoms with Crippen LogP contribution in [0.3, 0.4) is 0 Å². The molecule has 0 saturated carbocycles. The lowest BCUT2D eigenvalue weighted by molar-refractivity contribution is -0.380. The minimum absolute atomic E-state index is 0.0535. The summed E-state index contributed by atoms with van der Waals surface area (Å²) in [5.74, 6) is -0.112. The van der Waals surface area contributed by atoms with Crippen molar-refractivity contribution in [2.45, 2.75) is 110 Å². The lowest BCUT2D eigenvalue weighted by atomic mass is 10.0. The smallest absolute Gasteiger partial charge is 0.302 e. The van der Waals surface area contributed by atoms with Crippen molar-refractivity contribution in [3.63, 3.8) is 0 Å². The van der Waals surface area contributed by atoms with Gasteiger partial charge in [-0.15, -0.1) is 0 Å². The Bertz CT molecular complexity index is 549. The van der Waals surface area contributed by atoms with Crippen molar-refractivity contribution in [3.05, 3.63) is 16.3 Å². The number of thiazole rings is 1. The number of hydrogen-bond acceptors (Lipinski definition) is 5. The summed E-state index contributed by atoms with van der Waals surface area (Å²) in [5.41, 5.74) is 0. The minimum Gasteiger partial charge on any atom is -0.302 e. The molecule has 0 fully saturated rings. The van der Waals surface area contributed by atoms with Crippen LogP contribution in [0.15, 0.2) is 6.20 Å². The fourth-order valence-corrected chi connectivity index (χ4v) is 3.89. The maximum absolute atomic E-state index is 11.8. The van der Waals surface area contributed by atoms with Crippen LogP contribution in [-0.4, -0.2) is 15.8 Å². The molecule has 1 aromatic rings. The van der Waals surface area contributed by atoms with Crippen LogP contribution in [0.4, 0.5) is 10.1 Å². The molecule has 1 amide bonds. The fourth-order valence-electron chi connectivity index (χ4n) is 3.25. The van der Waals surface area contributed by atoms with Gasteiger partial charge >= 0.3 is 5.00 Å². The summed E-state index contributed by atoms with van der Waals surface area (Å²) in [5, 5.41) is 13.5. The van der Waals surface area contributed by atoms with Crippen LogP contribution in [0.25, 0.3) is 0 Å². The number of carbonyl (C=O) groups excluding carboxylic acids is 1. The summed E-state index contributed by atoms with van der Waals surface area (Å²) in [4.78, 5) is 25.7. The van der Waals surface area contributed by atoms with Crippen molar-refractivity contribution in [1.82, 2.24) is 4.98 Å². The molecule has 0 saturated heterocycles. The van der Waals surface area contributed by atoms with Gasteiger partial charge in [-0.1, -0.05) is 96.8 Å². The average Bonchev–Trinajstić information content (AvgIpc) is 3.13. The van der Waals surface area contributed by atoms with Gasteiger partial charge in [0.1, 0.15) is 6.20 Å². The number of nitro groups is 1. The molecule has 0 bridgehead atoms. The Kier molecular flexibility index (Phi) is 14.4. The van der Waals surface area contributed by atoms with Gasteiger partial charge in [-0.25, -0.2) is 4.98 Å². The van der Waals surface area contributed by atoms with Crippen LogP contribution in [0, 0.1) is 10.1 Å². The van der Waals surface area contributed by atoms with E-state index in [2.05, 4.69) is 17.2 Å².